The molecular formula is C28H30ClN5O5. The van der Waals surface area contributed by atoms with Crippen LogP contribution in [0.25, 0.3) is 22.0 Å². The lowest BCUT2D eigenvalue weighted by Crippen LogP contribution is -2.45. The molecule has 11 heteroatoms. The summed E-state index contributed by atoms with van der Waals surface area (Å²) in [7, 11) is 0. The first-order valence-electron chi connectivity index (χ1n) is 12.7. The number of anilines is 1. The molecule has 0 saturated carbocycles. The second-order valence-electron chi connectivity index (χ2n) is 10.3. The van der Waals surface area contributed by atoms with Gasteiger partial charge >= 0.3 is 12.2 Å². The van der Waals surface area contributed by atoms with Crippen LogP contribution in [0.1, 0.15) is 46.1 Å². The summed E-state index contributed by atoms with van der Waals surface area (Å²) >= 11 is 6.42. The number of likely N-dealkylation sites (tertiary alicyclic amines) is 1. The molecule has 3 aromatic rings. The van der Waals surface area contributed by atoms with Gasteiger partial charge in [-0.3, -0.25) is 4.79 Å². The van der Waals surface area contributed by atoms with E-state index >= 15 is 0 Å². The van der Waals surface area contributed by atoms with E-state index < -0.39 is 23.7 Å². The number of nitrogens with one attached hydrogen (secondary N) is 1. The topological polar surface area (TPSA) is 127 Å². The predicted molar refractivity (Wildman–Crippen MR) is 146 cm³/mol. The Balaban J connectivity index is 1.67. The van der Waals surface area contributed by atoms with Crippen molar-refractivity contribution in [3.63, 3.8) is 0 Å². The molecule has 2 heterocycles. The Morgan fingerprint density at radius 1 is 1.18 bits per heavy atom. The summed E-state index contributed by atoms with van der Waals surface area (Å²) in [5.41, 5.74) is 1.53. The molecule has 4 rings (SSSR count). The minimum atomic E-state index is -0.686. The number of halogens is 1. The summed E-state index contributed by atoms with van der Waals surface area (Å²) in [6, 6.07) is 12.2. The Morgan fingerprint density at radius 3 is 2.64 bits per heavy atom. The van der Waals surface area contributed by atoms with Crippen molar-refractivity contribution in [2.75, 3.05) is 25.0 Å². The maximum atomic E-state index is 13.3. The smallest absolute Gasteiger partial charge is 0.435 e. The van der Waals surface area contributed by atoms with E-state index in [4.69, 9.17) is 21.1 Å². The van der Waals surface area contributed by atoms with E-state index in [1.807, 2.05) is 0 Å². The monoisotopic (exact) mass is 551 g/mol. The van der Waals surface area contributed by atoms with E-state index in [2.05, 4.69) is 16.5 Å². The van der Waals surface area contributed by atoms with Crippen molar-refractivity contribution in [2.45, 2.75) is 46.1 Å². The first-order valence-corrected chi connectivity index (χ1v) is 13.1. The number of hydrogen-bond acceptors (Lipinski definition) is 7. The van der Waals surface area contributed by atoms with Crippen molar-refractivity contribution < 1.29 is 23.9 Å². The number of benzene rings is 2. The second-order valence-corrected chi connectivity index (χ2v) is 10.7. The highest BCUT2D eigenvalue weighted by atomic mass is 35.5. The summed E-state index contributed by atoms with van der Waals surface area (Å²) in [4.78, 5) is 40.1. The molecule has 1 aliphatic heterocycles. The van der Waals surface area contributed by atoms with Crippen molar-refractivity contribution in [2.24, 2.45) is 5.92 Å². The van der Waals surface area contributed by atoms with Crippen LogP contribution in [0, 0.1) is 17.2 Å². The number of piperidine rings is 1. The van der Waals surface area contributed by atoms with Crippen LogP contribution in [0.2, 0.25) is 5.02 Å². The third-order valence-electron chi connectivity index (χ3n) is 6.21. The van der Waals surface area contributed by atoms with Gasteiger partial charge in [-0.1, -0.05) is 17.7 Å². The van der Waals surface area contributed by atoms with Gasteiger partial charge in [0.05, 0.1) is 29.7 Å². The van der Waals surface area contributed by atoms with Crippen LogP contribution in [-0.2, 0) is 14.3 Å². The second kappa shape index (κ2) is 11.3. The Bertz CT molecular complexity index is 1470. The summed E-state index contributed by atoms with van der Waals surface area (Å²) in [6.07, 6.45) is 0.0867. The lowest BCUT2D eigenvalue weighted by molar-refractivity contribution is -0.121. The number of nitriles is 1. The van der Waals surface area contributed by atoms with E-state index in [0.717, 1.165) is 4.68 Å². The minimum absolute atomic E-state index is 0.152. The maximum absolute atomic E-state index is 13.3. The standard InChI is InChI=1S/C28H30ClN5O5/c1-5-38-27(37)34-23-11-9-18(20-13-17(15-30)8-10-22(20)29)14-21(23)24(32-34)31-25(35)19-7-6-12-33(16-19)26(36)39-28(2,3)4/h8-11,13-14,19H,5-7,12,16H2,1-4H3,(H,31,32,35)/t19-/m1/s1. The molecule has 0 aliphatic carbocycles. The molecule has 2 amide bonds. The normalized spacial score (nSPS) is 15.5. The molecule has 0 unspecified atom stereocenters. The van der Waals surface area contributed by atoms with Gasteiger partial charge in [-0.05, 0) is 76.4 Å². The number of ether oxygens (including phenoxy) is 2. The Morgan fingerprint density at radius 2 is 1.95 bits per heavy atom. The predicted octanol–water partition coefficient (Wildman–Crippen LogP) is 5.82. The van der Waals surface area contributed by atoms with Crippen LogP contribution < -0.4 is 5.32 Å². The fourth-order valence-electron chi connectivity index (χ4n) is 4.42. The van der Waals surface area contributed by atoms with Gasteiger partial charge in [-0.2, -0.15) is 9.94 Å². The van der Waals surface area contributed by atoms with Gasteiger partial charge in [0.25, 0.3) is 0 Å². The van der Waals surface area contributed by atoms with Gasteiger partial charge in [-0.25, -0.2) is 9.59 Å². The number of carbonyl (C=O) groups excluding carboxylic acids is 3. The van der Waals surface area contributed by atoms with Gasteiger partial charge in [-0.15, -0.1) is 5.10 Å². The number of hydrogen-bond donors (Lipinski definition) is 1. The number of aromatic nitrogens is 2. The van der Waals surface area contributed by atoms with Gasteiger partial charge < -0.3 is 19.7 Å². The van der Waals surface area contributed by atoms with E-state index in [1.54, 1.807) is 64.1 Å². The van der Waals surface area contributed by atoms with E-state index in [-0.39, 0.29) is 24.9 Å². The number of nitrogens with zero attached hydrogens (tertiary/aromatic N) is 4. The molecule has 1 aliphatic rings. The summed E-state index contributed by atoms with van der Waals surface area (Å²) in [6.45, 7) is 7.93. The zero-order chi connectivity index (χ0) is 28.3. The van der Waals surface area contributed by atoms with Crippen LogP contribution in [0.3, 0.4) is 0 Å². The molecule has 1 atom stereocenters. The van der Waals surface area contributed by atoms with Crippen LogP contribution in [0.4, 0.5) is 15.4 Å². The number of amides is 2. The highest BCUT2D eigenvalue weighted by Crippen LogP contribution is 2.34. The first kappa shape index (κ1) is 27.9. The zero-order valence-electron chi connectivity index (χ0n) is 22.3. The van der Waals surface area contributed by atoms with Crippen LogP contribution >= 0.6 is 11.6 Å². The summed E-state index contributed by atoms with van der Waals surface area (Å²) in [5, 5.41) is 17.5. The molecule has 1 saturated heterocycles. The fraction of sp³-hybridized carbons (Fsp3) is 0.393. The summed E-state index contributed by atoms with van der Waals surface area (Å²) < 4.78 is 11.7. The van der Waals surface area contributed by atoms with Crippen LogP contribution in [0.15, 0.2) is 36.4 Å². The van der Waals surface area contributed by atoms with Gasteiger partial charge in [0.2, 0.25) is 5.91 Å². The average Bonchev–Trinajstić information content (AvgIpc) is 3.26. The van der Waals surface area contributed by atoms with Crippen LogP contribution in [0.5, 0.6) is 0 Å². The average molecular weight is 552 g/mol. The Labute approximate surface area is 231 Å². The quantitative estimate of drug-likeness (QED) is 0.433. The summed E-state index contributed by atoms with van der Waals surface area (Å²) in [5.74, 6) is -0.639. The van der Waals surface area contributed by atoms with Crippen molar-refractivity contribution in [1.29, 1.82) is 5.26 Å². The molecule has 39 heavy (non-hydrogen) atoms. The largest absolute Gasteiger partial charge is 0.448 e. The third-order valence-corrected chi connectivity index (χ3v) is 6.54. The molecule has 0 spiro atoms. The van der Waals surface area contributed by atoms with E-state index in [0.29, 0.717) is 52.0 Å². The molecule has 0 radical (unpaired) electrons. The molecule has 0 bridgehead atoms. The van der Waals surface area contributed by atoms with Crippen molar-refractivity contribution in [3.05, 3.63) is 47.0 Å². The Hall–Kier alpha value is -4.10. The molecule has 1 N–H and O–H groups in total. The van der Waals surface area contributed by atoms with E-state index in [1.165, 1.54) is 4.90 Å². The van der Waals surface area contributed by atoms with E-state index in [9.17, 15) is 19.6 Å². The lowest BCUT2D eigenvalue weighted by Gasteiger charge is -2.33. The third kappa shape index (κ3) is 6.32. The molecule has 1 fully saturated rings. The number of fused-ring (bicyclic) bond motifs is 1. The molecule has 10 nitrogen and oxygen atoms in total. The fourth-order valence-corrected chi connectivity index (χ4v) is 4.65. The first-order chi connectivity index (χ1) is 18.5. The molecule has 2 aromatic carbocycles. The lowest BCUT2D eigenvalue weighted by atomic mass is 9.97. The van der Waals surface area contributed by atoms with Crippen molar-refractivity contribution >= 4 is 46.4 Å². The number of carbonyl (C=O) groups is 3. The number of rotatable bonds is 4. The maximum Gasteiger partial charge on any atom is 0.435 e. The SMILES string of the molecule is CCOC(=O)n1nc(NC(=O)[C@@H]2CCCN(C(=O)OC(C)(C)C)C2)c2cc(-c3cc(C#N)ccc3Cl)ccc21. The highest BCUT2D eigenvalue weighted by molar-refractivity contribution is 6.33. The van der Waals surface area contributed by atoms with Gasteiger partial charge in [0.1, 0.15) is 5.60 Å². The highest BCUT2D eigenvalue weighted by Gasteiger charge is 2.32. The molecule has 1 aromatic heterocycles. The molecule has 204 valence electrons. The van der Waals surface area contributed by atoms with Gasteiger partial charge in [0.15, 0.2) is 5.82 Å². The zero-order valence-corrected chi connectivity index (χ0v) is 23.0. The minimum Gasteiger partial charge on any atom is -0.448 e. The van der Waals surface area contributed by atoms with Gasteiger partial charge in [0, 0.05) is 29.1 Å². The van der Waals surface area contributed by atoms with Crippen molar-refractivity contribution in [1.82, 2.24) is 14.7 Å². The van der Waals surface area contributed by atoms with Crippen molar-refractivity contribution in [3.8, 4) is 17.2 Å². The molecular weight excluding hydrogens is 522 g/mol. The van der Waals surface area contributed by atoms with Crippen LogP contribution in [-0.4, -0.2) is 58.1 Å². The Kier molecular flexibility index (Phi) is 8.11.